The Hall–Kier alpha value is -2.38. The van der Waals surface area contributed by atoms with Gasteiger partial charge in [-0.15, -0.1) is 0 Å². The lowest BCUT2D eigenvalue weighted by Gasteiger charge is -2.12. The van der Waals surface area contributed by atoms with E-state index in [9.17, 15) is 0 Å². The molecular weight excluding hydrogens is 400 g/mol. The highest BCUT2D eigenvalue weighted by molar-refractivity contribution is 9.10. The molecule has 1 heterocycles. The molecule has 3 rings (SSSR count). The second kappa shape index (κ2) is 8.13. The largest absolute Gasteiger partial charge is 0.497 e. The number of rotatable bonds is 5. The lowest BCUT2D eigenvalue weighted by molar-refractivity contribution is 0.415. The molecule has 2 aromatic carbocycles. The van der Waals surface area contributed by atoms with E-state index in [-0.39, 0.29) is 0 Å². The van der Waals surface area contributed by atoms with Crippen LogP contribution in [0, 0.1) is 0 Å². The number of thiocarbonyl (C=S) groups is 1. The van der Waals surface area contributed by atoms with Gasteiger partial charge in [0.15, 0.2) is 5.11 Å². The molecule has 5 nitrogen and oxygen atoms in total. The third-order valence-corrected chi connectivity index (χ3v) is 4.09. The van der Waals surface area contributed by atoms with Gasteiger partial charge in [0, 0.05) is 17.6 Å². The fraction of sp³-hybridized carbons (Fsp3) is 0.111. The van der Waals surface area contributed by atoms with Gasteiger partial charge in [0.25, 0.3) is 0 Å². The summed E-state index contributed by atoms with van der Waals surface area (Å²) in [6.45, 7) is 0.694. The Bertz CT molecular complexity index is 864. The van der Waals surface area contributed by atoms with Gasteiger partial charge in [-0.2, -0.15) is 5.10 Å². The molecule has 0 radical (unpaired) electrons. The highest BCUT2D eigenvalue weighted by Crippen LogP contribution is 2.17. The lowest BCUT2D eigenvalue weighted by Crippen LogP contribution is -2.19. The molecule has 0 saturated heterocycles. The maximum atomic E-state index is 5.38. The number of ether oxygens (including phenoxy) is 1. The molecule has 0 aliphatic rings. The summed E-state index contributed by atoms with van der Waals surface area (Å²) in [6.07, 6.45) is 3.71. The van der Waals surface area contributed by atoms with E-state index in [2.05, 4.69) is 43.8 Å². The smallest absolute Gasteiger partial charge is 0.175 e. The average Bonchev–Trinajstić information content (AvgIpc) is 3.00. The molecule has 0 spiro atoms. The number of hydrogen-bond acceptors (Lipinski definition) is 3. The van der Waals surface area contributed by atoms with Crippen LogP contribution in [0.2, 0.25) is 0 Å². The molecule has 0 amide bonds. The molecule has 0 bridgehead atoms. The topological polar surface area (TPSA) is 51.1 Å². The van der Waals surface area contributed by atoms with Crippen LogP contribution in [0.5, 0.6) is 5.75 Å². The number of nitrogens with one attached hydrogen (secondary N) is 2. The normalized spacial score (nSPS) is 10.3. The summed E-state index contributed by atoms with van der Waals surface area (Å²) in [4.78, 5) is 0. The third kappa shape index (κ3) is 5.04. The molecule has 0 aliphatic heterocycles. The van der Waals surface area contributed by atoms with E-state index in [1.54, 1.807) is 13.3 Å². The van der Waals surface area contributed by atoms with Crippen molar-refractivity contribution in [2.45, 2.75) is 6.54 Å². The van der Waals surface area contributed by atoms with Gasteiger partial charge in [0.2, 0.25) is 0 Å². The van der Waals surface area contributed by atoms with Crippen LogP contribution in [0.25, 0.3) is 0 Å². The molecule has 128 valence electrons. The van der Waals surface area contributed by atoms with Crippen molar-refractivity contribution in [3.8, 4) is 5.75 Å². The predicted octanol–water partition coefficient (Wildman–Crippen LogP) is 4.51. The molecule has 0 atom stereocenters. The monoisotopic (exact) mass is 416 g/mol. The summed E-state index contributed by atoms with van der Waals surface area (Å²) in [6, 6.07) is 15.7. The Morgan fingerprint density at radius 1 is 1.16 bits per heavy atom. The van der Waals surface area contributed by atoms with Crippen molar-refractivity contribution >= 4 is 44.6 Å². The molecule has 0 fully saturated rings. The number of hydrogen-bond donors (Lipinski definition) is 2. The zero-order valence-corrected chi connectivity index (χ0v) is 16.0. The van der Waals surface area contributed by atoms with E-state index in [0.29, 0.717) is 11.7 Å². The summed E-state index contributed by atoms with van der Waals surface area (Å²) < 4.78 is 7.98. The Balaban J connectivity index is 1.61. The van der Waals surface area contributed by atoms with Crippen LogP contribution in [0.4, 0.5) is 11.4 Å². The zero-order chi connectivity index (χ0) is 17.6. The highest BCUT2D eigenvalue weighted by atomic mass is 79.9. The van der Waals surface area contributed by atoms with Crippen molar-refractivity contribution in [3.63, 3.8) is 0 Å². The van der Waals surface area contributed by atoms with E-state index in [4.69, 9.17) is 17.0 Å². The van der Waals surface area contributed by atoms with Crippen LogP contribution in [-0.4, -0.2) is 22.0 Å². The molecule has 3 aromatic rings. The second-order valence-electron chi connectivity index (χ2n) is 5.36. The Labute approximate surface area is 160 Å². The molecule has 0 unspecified atom stereocenters. The van der Waals surface area contributed by atoms with Gasteiger partial charge in [0.1, 0.15) is 5.75 Å². The van der Waals surface area contributed by atoms with Gasteiger partial charge in [-0.05, 0) is 70.1 Å². The van der Waals surface area contributed by atoms with Crippen molar-refractivity contribution in [1.29, 1.82) is 0 Å². The molecule has 0 saturated carbocycles. The third-order valence-electron chi connectivity index (χ3n) is 3.48. The molecule has 1 aromatic heterocycles. The van der Waals surface area contributed by atoms with Crippen LogP contribution in [0.3, 0.4) is 0 Å². The SMILES string of the molecule is COc1ccc(NC(=S)Nc2cccc(Cn3cc(Br)cn3)c2)cc1. The molecule has 2 N–H and O–H groups in total. The number of benzene rings is 2. The van der Waals surface area contributed by atoms with E-state index in [0.717, 1.165) is 27.2 Å². The summed E-state index contributed by atoms with van der Waals surface area (Å²) in [7, 11) is 1.64. The number of aromatic nitrogens is 2. The predicted molar refractivity (Wildman–Crippen MR) is 108 cm³/mol. The van der Waals surface area contributed by atoms with E-state index in [1.165, 1.54) is 0 Å². The number of anilines is 2. The van der Waals surface area contributed by atoms with E-state index >= 15 is 0 Å². The minimum Gasteiger partial charge on any atom is -0.497 e. The molecule has 0 aliphatic carbocycles. The number of halogens is 1. The number of methoxy groups -OCH3 is 1. The first-order chi connectivity index (χ1) is 12.1. The van der Waals surface area contributed by atoms with Gasteiger partial charge >= 0.3 is 0 Å². The number of nitrogens with zero attached hydrogens (tertiary/aromatic N) is 2. The molecule has 25 heavy (non-hydrogen) atoms. The second-order valence-corrected chi connectivity index (χ2v) is 6.69. The van der Waals surface area contributed by atoms with Crippen molar-refractivity contribution in [3.05, 3.63) is 71.0 Å². The Morgan fingerprint density at radius 3 is 2.60 bits per heavy atom. The Morgan fingerprint density at radius 2 is 1.92 bits per heavy atom. The summed E-state index contributed by atoms with van der Waals surface area (Å²) >= 11 is 8.78. The van der Waals surface area contributed by atoms with Gasteiger partial charge < -0.3 is 15.4 Å². The van der Waals surface area contributed by atoms with E-state index in [1.807, 2.05) is 47.3 Å². The van der Waals surface area contributed by atoms with Gasteiger partial charge in [-0.3, -0.25) is 4.68 Å². The van der Waals surface area contributed by atoms with Crippen molar-refractivity contribution < 1.29 is 4.74 Å². The van der Waals surface area contributed by atoms with Crippen LogP contribution < -0.4 is 15.4 Å². The maximum absolute atomic E-state index is 5.38. The lowest BCUT2D eigenvalue weighted by atomic mass is 10.2. The van der Waals surface area contributed by atoms with E-state index < -0.39 is 0 Å². The molecular formula is C18H17BrN4OS. The molecule has 7 heteroatoms. The average molecular weight is 417 g/mol. The standard InChI is InChI=1S/C18H17BrN4OS/c1-24-17-7-5-15(6-8-17)21-18(25)22-16-4-2-3-13(9-16)11-23-12-14(19)10-20-23/h2-10,12H,11H2,1H3,(H2,21,22,25). The minimum absolute atomic E-state index is 0.532. The van der Waals surface area contributed by atoms with Crippen molar-refractivity contribution in [2.24, 2.45) is 0 Å². The quantitative estimate of drug-likeness (QED) is 0.599. The van der Waals surface area contributed by atoms with Crippen molar-refractivity contribution in [2.75, 3.05) is 17.7 Å². The van der Waals surface area contributed by atoms with Crippen LogP contribution >= 0.6 is 28.1 Å². The first kappa shape index (κ1) is 17.4. The zero-order valence-electron chi connectivity index (χ0n) is 13.6. The van der Waals surface area contributed by atoms with Gasteiger partial charge in [-0.25, -0.2) is 0 Å². The first-order valence-corrected chi connectivity index (χ1v) is 8.81. The van der Waals surface area contributed by atoms with Crippen LogP contribution in [-0.2, 0) is 6.54 Å². The first-order valence-electron chi connectivity index (χ1n) is 7.61. The Kier molecular flexibility index (Phi) is 5.67. The fourth-order valence-electron chi connectivity index (χ4n) is 2.33. The summed E-state index contributed by atoms with van der Waals surface area (Å²) in [5.74, 6) is 0.808. The summed E-state index contributed by atoms with van der Waals surface area (Å²) in [5, 5.41) is 11.2. The maximum Gasteiger partial charge on any atom is 0.175 e. The fourth-order valence-corrected chi connectivity index (χ4v) is 2.89. The van der Waals surface area contributed by atoms with Crippen LogP contribution in [0.1, 0.15) is 5.56 Å². The van der Waals surface area contributed by atoms with Gasteiger partial charge in [0.05, 0.1) is 24.3 Å². The van der Waals surface area contributed by atoms with Crippen molar-refractivity contribution in [1.82, 2.24) is 9.78 Å². The van der Waals surface area contributed by atoms with Gasteiger partial charge in [-0.1, -0.05) is 12.1 Å². The van der Waals surface area contributed by atoms with Crippen LogP contribution in [0.15, 0.2) is 65.4 Å². The highest BCUT2D eigenvalue weighted by Gasteiger charge is 2.02. The minimum atomic E-state index is 0.532. The summed E-state index contributed by atoms with van der Waals surface area (Å²) in [5.41, 5.74) is 2.96.